The van der Waals surface area contributed by atoms with Crippen LogP contribution in [0.4, 0.5) is 4.39 Å². The van der Waals surface area contributed by atoms with E-state index in [1.807, 2.05) is 7.05 Å². The fourth-order valence-electron chi connectivity index (χ4n) is 2.95. The highest BCUT2D eigenvalue weighted by Crippen LogP contribution is 2.24. The Hall–Kier alpha value is -0.970. The van der Waals surface area contributed by atoms with E-state index < -0.39 is 6.10 Å². The Labute approximate surface area is 120 Å². The summed E-state index contributed by atoms with van der Waals surface area (Å²) in [6.07, 6.45) is 3.90. The lowest BCUT2D eigenvalue weighted by atomic mass is 9.91. The van der Waals surface area contributed by atoms with Gasteiger partial charge in [-0.2, -0.15) is 0 Å². The number of likely N-dealkylation sites (N-methyl/N-ethyl adjacent to an activating group) is 1. The molecule has 1 aliphatic rings. The molecule has 0 amide bonds. The van der Waals surface area contributed by atoms with Gasteiger partial charge >= 0.3 is 0 Å². The Morgan fingerprint density at radius 3 is 2.55 bits per heavy atom. The topological polar surface area (TPSA) is 43.7 Å². The second kappa shape index (κ2) is 7.16. The first-order valence-corrected chi connectivity index (χ1v) is 7.40. The number of benzene rings is 1. The molecule has 3 unspecified atom stereocenters. The molecule has 1 aliphatic carbocycles. The summed E-state index contributed by atoms with van der Waals surface area (Å²) in [5.74, 6) is -0.289. The molecule has 0 aliphatic heterocycles. The summed E-state index contributed by atoms with van der Waals surface area (Å²) in [4.78, 5) is 2.14. The summed E-state index contributed by atoms with van der Waals surface area (Å²) in [6, 6.07) is 6.18. The highest BCUT2D eigenvalue weighted by molar-refractivity contribution is 5.18. The highest BCUT2D eigenvalue weighted by atomic mass is 19.1. The average Bonchev–Trinajstić information content (AvgIpc) is 2.45. The summed E-state index contributed by atoms with van der Waals surface area (Å²) in [7, 11) is 2.00. The second-order valence-corrected chi connectivity index (χ2v) is 5.76. The molecule has 112 valence electrons. The standard InChI is InChI=1S/C16H24FNO2/c1-18(14-4-2-3-5-16(14)20)11-10-15(19)12-6-8-13(17)9-7-12/h6-9,14-16,19-20H,2-5,10-11H2,1H3. The SMILES string of the molecule is CN(CCC(O)c1ccc(F)cc1)C1CCCCC1O. The van der Waals surface area contributed by atoms with E-state index in [4.69, 9.17) is 0 Å². The predicted molar refractivity (Wildman–Crippen MR) is 76.9 cm³/mol. The first-order valence-electron chi connectivity index (χ1n) is 7.40. The third-order valence-corrected chi connectivity index (χ3v) is 4.27. The Balaban J connectivity index is 1.83. The van der Waals surface area contributed by atoms with E-state index in [0.29, 0.717) is 6.42 Å². The summed E-state index contributed by atoms with van der Waals surface area (Å²) in [5, 5.41) is 20.1. The van der Waals surface area contributed by atoms with Crippen molar-refractivity contribution in [1.82, 2.24) is 4.90 Å². The Kier molecular flexibility index (Phi) is 5.52. The molecule has 1 saturated carbocycles. The molecule has 2 rings (SSSR count). The van der Waals surface area contributed by atoms with Gasteiger partial charge < -0.3 is 15.1 Å². The van der Waals surface area contributed by atoms with Crippen LogP contribution in [0.25, 0.3) is 0 Å². The zero-order valence-corrected chi connectivity index (χ0v) is 12.0. The number of halogens is 1. The first kappa shape index (κ1) is 15.4. The van der Waals surface area contributed by atoms with Crippen LogP contribution >= 0.6 is 0 Å². The van der Waals surface area contributed by atoms with Crippen molar-refractivity contribution in [3.63, 3.8) is 0 Å². The maximum Gasteiger partial charge on any atom is 0.123 e. The molecule has 0 radical (unpaired) electrons. The number of hydrogen-bond donors (Lipinski definition) is 2. The fraction of sp³-hybridized carbons (Fsp3) is 0.625. The quantitative estimate of drug-likeness (QED) is 0.871. The summed E-state index contributed by atoms with van der Waals surface area (Å²) in [5.41, 5.74) is 0.740. The molecule has 3 atom stereocenters. The fourth-order valence-corrected chi connectivity index (χ4v) is 2.95. The van der Waals surface area contributed by atoms with E-state index in [-0.39, 0.29) is 18.0 Å². The van der Waals surface area contributed by atoms with E-state index >= 15 is 0 Å². The van der Waals surface area contributed by atoms with Gasteiger partial charge in [-0.05, 0) is 44.0 Å². The highest BCUT2D eigenvalue weighted by Gasteiger charge is 2.26. The van der Waals surface area contributed by atoms with Crippen molar-refractivity contribution in [2.75, 3.05) is 13.6 Å². The van der Waals surface area contributed by atoms with Gasteiger partial charge in [0.25, 0.3) is 0 Å². The molecule has 20 heavy (non-hydrogen) atoms. The van der Waals surface area contributed by atoms with Crippen LogP contribution in [-0.4, -0.2) is 40.9 Å². The van der Waals surface area contributed by atoms with Gasteiger partial charge in [-0.1, -0.05) is 25.0 Å². The summed E-state index contributed by atoms with van der Waals surface area (Å²) >= 11 is 0. The monoisotopic (exact) mass is 281 g/mol. The van der Waals surface area contributed by atoms with E-state index in [0.717, 1.165) is 37.8 Å². The third kappa shape index (κ3) is 4.01. The molecule has 0 bridgehead atoms. The van der Waals surface area contributed by atoms with E-state index in [1.165, 1.54) is 12.1 Å². The van der Waals surface area contributed by atoms with Gasteiger partial charge in [0.05, 0.1) is 12.2 Å². The number of rotatable bonds is 5. The molecule has 2 N–H and O–H groups in total. The minimum atomic E-state index is -0.584. The van der Waals surface area contributed by atoms with Crippen molar-refractivity contribution in [3.8, 4) is 0 Å². The zero-order chi connectivity index (χ0) is 14.5. The molecule has 1 fully saturated rings. The van der Waals surface area contributed by atoms with Crippen LogP contribution in [0.15, 0.2) is 24.3 Å². The Bertz CT molecular complexity index is 409. The molecule has 3 nitrogen and oxygen atoms in total. The van der Waals surface area contributed by atoms with Crippen LogP contribution < -0.4 is 0 Å². The average molecular weight is 281 g/mol. The van der Waals surface area contributed by atoms with Crippen LogP contribution in [0.3, 0.4) is 0 Å². The van der Waals surface area contributed by atoms with Crippen molar-refractivity contribution >= 4 is 0 Å². The van der Waals surface area contributed by atoms with Crippen LogP contribution in [0.1, 0.15) is 43.8 Å². The summed E-state index contributed by atoms with van der Waals surface area (Å²) in [6.45, 7) is 0.722. The molecule has 4 heteroatoms. The second-order valence-electron chi connectivity index (χ2n) is 5.76. The first-order chi connectivity index (χ1) is 9.58. The lowest BCUT2D eigenvalue weighted by molar-refractivity contribution is 0.0253. The van der Waals surface area contributed by atoms with E-state index in [9.17, 15) is 14.6 Å². The van der Waals surface area contributed by atoms with Crippen LogP contribution in [0.2, 0.25) is 0 Å². The van der Waals surface area contributed by atoms with Crippen molar-refractivity contribution in [2.45, 2.75) is 50.4 Å². The van der Waals surface area contributed by atoms with Crippen molar-refractivity contribution in [1.29, 1.82) is 0 Å². The molecule has 1 aromatic rings. The van der Waals surface area contributed by atoms with Crippen molar-refractivity contribution in [2.24, 2.45) is 0 Å². The zero-order valence-electron chi connectivity index (χ0n) is 12.0. The number of aliphatic hydroxyl groups is 2. The van der Waals surface area contributed by atoms with E-state index in [1.54, 1.807) is 12.1 Å². The van der Waals surface area contributed by atoms with Gasteiger partial charge in [-0.15, -0.1) is 0 Å². The molecule has 0 heterocycles. The van der Waals surface area contributed by atoms with Gasteiger partial charge in [0.2, 0.25) is 0 Å². The van der Waals surface area contributed by atoms with Crippen LogP contribution in [0.5, 0.6) is 0 Å². The molecular formula is C16H24FNO2. The number of nitrogens with zero attached hydrogens (tertiary/aromatic N) is 1. The number of aliphatic hydroxyl groups excluding tert-OH is 2. The van der Waals surface area contributed by atoms with Crippen molar-refractivity contribution in [3.05, 3.63) is 35.6 Å². The molecule has 1 aromatic carbocycles. The summed E-state index contributed by atoms with van der Waals surface area (Å²) < 4.78 is 12.8. The lowest BCUT2D eigenvalue weighted by Gasteiger charge is -2.35. The maximum atomic E-state index is 12.8. The van der Waals surface area contributed by atoms with Crippen LogP contribution in [0, 0.1) is 5.82 Å². The van der Waals surface area contributed by atoms with Gasteiger partial charge in [-0.25, -0.2) is 4.39 Å². The van der Waals surface area contributed by atoms with Crippen molar-refractivity contribution < 1.29 is 14.6 Å². The Morgan fingerprint density at radius 2 is 1.90 bits per heavy atom. The third-order valence-electron chi connectivity index (χ3n) is 4.27. The molecule has 0 saturated heterocycles. The minimum absolute atomic E-state index is 0.198. The Morgan fingerprint density at radius 1 is 1.25 bits per heavy atom. The molecular weight excluding hydrogens is 257 g/mol. The molecule has 0 aromatic heterocycles. The lowest BCUT2D eigenvalue weighted by Crippen LogP contribution is -2.43. The normalized spacial score (nSPS) is 24.9. The van der Waals surface area contributed by atoms with Gasteiger partial charge in [0.15, 0.2) is 0 Å². The predicted octanol–water partition coefficient (Wildman–Crippen LogP) is 2.48. The van der Waals surface area contributed by atoms with E-state index in [2.05, 4.69) is 4.90 Å². The van der Waals surface area contributed by atoms with Gasteiger partial charge in [0.1, 0.15) is 5.82 Å². The smallest absolute Gasteiger partial charge is 0.123 e. The number of hydrogen-bond acceptors (Lipinski definition) is 3. The minimum Gasteiger partial charge on any atom is -0.391 e. The van der Waals surface area contributed by atoms with Gasteiger partial charge in [-0.3, -0.25) is 0 Å². The van der Waals surface area contributed by atoms with Gasteiger partial charge in [0, 0.05) is 12.6 Å². The van der Waals surface area contributed by atoms with Crippen LogP contribution in [-0.2, 0) is 0 Å². The molecule has 0 spiro atoms. The largest absolute Gasteiger partial charge is 0.391 e. The maximum absolute atomic E-state index is 12.8.